The summed E-state index contributed by atoms with van der Waals surface area (Å²) in [5, 5.41) is 11.0. The highest BCUT2D eigenvalue weighted by Gasteiger charge is 2.30. The molecule has 0 amide bonds. The van der Waals surface area contributed by atoms with Crippen molar-refractivity contribution in [3.8, 4) is 17.2 Å². The van der Waals surface area contributed by atoms with Crippen molar-refractivity contribution in [1.29, 1.82) is 0 Å². The van der Waals surface area contributed by atoms with E-state index in [1.165, 1.54) is 0 Å². The van der Waals surface area contributed by atoms with Gasteiger partial charge < -0.3 is 25.1 Å². The maximum Gasteiger partial charge on any atom is 0.125 e. The number of hydrogen-bond acceptors (Lipinski definition) is 5. The van der Waals surface area contributed by atoms with Gasteiger partial charge in [0, 0.05) is 17.2 Å². The molecule has 3 N–H and O–H groups in total. The van der Waals surface area contributed by atoms with E-state index in [1.807, 2.05) is 66.7 Å². The lowest BCUT2D eigenvalue weighted by Gasteiger charge is -2.31. The normalized spacial score (nSPS) is 17.9. The lowest BCUT2D eigenvalue weighted by Crippen LogP contribution is -2.27. The zero-order chi connectivity index (χ0) is 20.2. The molecule has 1 heterocycles. The van der Waals surface area contributed by atoms with E-state index < -0.39 is 6.10 Å². The molecular weight excluding hydrogens is 366 g/mol. The molecule has 2 atom stereocenters. The molecule has 3 aromatic carbocycles. The fourth-order valence-electron chi connectivity index (χ4n) is 3.67. The second-order valence-corrected chi connectivity index (χ2v) is 7.27. The topological polar surface area (TPSA) is 73.9 Å². The molecule has 0 unspecified atom stereocenters. The molecule has 5 heteroatoms. The van der Waals surface area contributed by atoms with E-state index in [-0.39, 0.29) is 5.92 Å². The maximum absolute atomic E-state index is 11.0. The predicted molar refractivity (Wildman–Crippen MR) is 112 cm³/mol. The fraction of sp³-hybridized carbons (Fsp3) is 0.250. The number of nitrogen functional groups attached to an aromatic ring is 1. The summed E-state index contributed by atoms with van der Waals surface area (Å²) in [5.41, 5.74) is 9.40. The second kappa shape index (κ2) is 8.45. The standard InChI is InChI=1S/C24H25NO4/c1-27-22-9-7-19(25)12-17(22)11-18-15-29-23-10-8-20(13-21(23)24(18)26)28-14-16-5-3-2-4-6-16/h2-10,12-13,18,24,26H,11,14-15,25H2,1H3/t18-,24-/m1/s1. The molecule has 150 valence electrons. The summed E-state index contributed by atoms with van der Waals surface area (Å²) in [6.07, 6.45) is -0.0608. The zero-order valence-corrected chi connectivity index (χ0v) is 16.4. The van der Waals surface area contributed by atoms with Gasteiger partial charge in [-0.25, -0.2) is 0 Å². The summed E-state index contributed by atoms with van der Waals surface area (Å²) in [6.45, 7) is 0.900. The number of fused-ring (bicyclic) bond motifs is 1. The Bertz CT molecular complexity index is 974. The minimum atomic E-state index is -0.662. The van der Waals surface area contributed by atoms with Crippen LogP contribution >= 0.6 is 0 Å². The predicted octanol–water partition coefficient (Wildman–Crippen LogP) is 4.14. The summed E-state index contributed by atoms with van der Waals surface area (Å²) < 4.78 is 17.3. The van der Waals surface area contributed by atoms with E-state index >= 15 is 0 Å². The monoisotopic (exact) mass is 391 g/mol. The first-order chi connectivity index (χ1) is 14.1. The van der Waals surface area contributed by atoms with Gasteiger partial charge in [0.2, 0.25) is 0 Å². The van der Waals surface area contributed by atoms with Crippen molar-refractivity contribution in [3.63, 3.8) is 0 Å². The number of rotatable bonds is 6. The molecule has 1 aliphatic heterocycles. The number of ether oxygens (including phenoxy) is 3. The molecule has 0 aromatic heterocycles. The molecule has 0 spiro atoms. The fourth-order valence-corrected chi connectivity index (χ4v) is 3.67. The first-order valence-electron chi connectivity index (χ1n) is 9.68. The van der Waals surface area contributed by atoms with Crippen LogP contribution in [0.5, 0.6) is 17.2 Å². The van der Waals surface area contributed by atoms with E-state index in [9.17, 15) is 5.11 Å². The summed E-state index contributed by atoms with van der Waals surface area (Å²) in [5.74, 6) is 2.05. The number of benzene rings is 3. The molecule has 3 aromatic rings. The third-order valence-electron chi connectivity index (χ3n) is 5.23. The van der Waals surface area contributed by atoms with Gasteiger partial charge in [0.15, 0.2) is 0 Å². The van der Waals surface area contributed by atoms with Crippen LogP contribution in [0.4, 0.5) is 5.69 Å². The third-order valence-corrected chi connectivity index (χ3v) is 5.23. The number of aliphatic hydroxyl groups is 1. The molecule has 5 nitrogen and oxygen atoms in total. The molecule has 0 aliphatic carbocycles. The summed E-state index contributed by atoms with van der Waals surface area (Å²) in [7, 11) is 1.63. The molecule has 0 fully saturated rings. The largest absolute Gasteiger partial charge is 0.496 e. The van der Waals surface area contributed by atoms with Crippen molar-refractivity contribution >= 4 is 5.69 Å². The van der Waals surface area contributed by atoms with Gasteiger partial charge in [-0.1, -0.05) is 30.3 Å². The van der Waals surface area contributed by atoms with Gasteiger partial charge in [-0.2, -0.15) is 0 Å². The molecule has 0 radical (unpaired) electrons. The van der Waals surface area contributed by atoms with Crippen molar-refractivity contribution in [2.75, 3.05) is 19.5 Å². The van der Waals surface area contributed by atoms with E-state index in [0.717, 1.165) is 22.4 Å². The van der Waals surface area contributed by atoms with Crippen LogP contribution in [0.2, 0.25) is 0 Å². The number of anilines is 1. The Kier molecular flexibility index (Phi) is 5.58. The van der Waals surface area contributed by atoms with Gasteiger partial charge >= 0.3 is 0 Å². The Labute approximate surface area is 170 Å². The number of nitrogens with two attached hydrogens (primary N) is 1. The van der Waals surface area contributed by atoms with Crippen molar-refractivity contribution in [1.82, 2.24) is 0 Å². The highest BCUT2D eigenvalue weighted by atomic mass is 16.5. The van der Waals surface area contributed by atoms with E-state index in [1.54, 1.807) is 7.11 Å². The van der Waals surface area contributed by atoms with Crippen LogP contribution in [-0.2, 0) is 13.0 Å². The maximum atomic E-state index is 11.0. The van der Waals surface area contributed by atoms with E-state index in [2.05, 4.69) is 0 Å². The highest BCUT2D eigenvalue weighted by molar-refractivity contribution is 5.49. The van der Waals surface area contributed by atoms with Crippen LogP contribution < -0.4 is 19.9 Å². The minimum absolute atomic E-state index is 0.109. The number of methoxy groups -OCH3 is 1. The number of aliphatic hydroxyl groups excluding tert-OH is 1. The number of hydrogen-bond donors (Lipinski definition) is 2. The van der Waals surface area contributed by atoms with Crippen LogP contribution in [0.1, 0.15) is 22.8 Å². The Balaban J connectivity index is 1.50. The van der Waals surface area contributed by atoms with Crippen molar-refractivity contribution in [2.45, 2.75) is 19.1 Å². The van der Waals surface area contributed by atoms with Crippen LogP contribution in [0.25, 0.3) is 0 Å². The Morgan fingerprint density at radius 3 is 2.69 bits per heavy atom. The lowest BCUT2D eigenvalue weighted by molar-refractivity contribution is 0.0502. The zero-order valence-electron chi connectivity index (χ0n) is 16.4. The smallest absolute Gasteiger partial charge is 0.125 e. The minimum Gasteiger partial charge on any atom is -0.496 e. The summed E-state index contributed by atoms with van der Waals surface area (Å²) >= 11 is 0. The van der Waals surface area contributed by atoms with Gasteiger partial charge in [0.05, 0.1) is 19.8 Å². The average molecular weight is 391 g/mol. The first-order valence-corrected chi connectivity index (χ1v) is 9.68. The van der Waals surface area contributed by atoms with Gasteiger partial charge in [-0.15, -0.1) is 0 Å². The van der Waals surface area contributed by atoms with Crippen molar-refractivity contribution in [3.05, 3.63) is 83.4 Å². The van der Waals surface area contributed by atoms with Gasteiger partial charge in [-0.3, -0.25) is 0 Å². The third kappa shape index (κ3) is 4.30. The summed E-state index contributed by atoms with van der Waals surface area (Å²) in [4.78, 5) is 0. The van der Waals surface area contributed by atoms with Gasteiger partial charge in [-0.05, 0) is 53.9 Å². The summed E-state index contributed by atoms with van der Waals surface area (Å²) in [6, 6.07) is 21.1. The van der Waals surface area contributed by atoms with Gasteiger partial charge in [0.25, 0.3) is 0 Å². The van der Waals surface area contributed by atoms with E-state index in [4.69, 9.17) is 19.9 Å². The van der Waals surface area contributed by atoms with Crippen molar-refractivity contribution in [2.24, 2.45) is 5.92 Å². The molecule has 0 bridgehead atoms. The van der Waals surface area contributed by atoms with Gasteiger partial charge in [0.1, 0.15) is 23.9 Å². The lowest BCUT2D eigenvalue weighted by atomic mass is 9.87. The first kappa shape index (κ1) is 19.2. The molecule has 4 rings (SSSR count). The SMILES string of the molecule is COc1ccc(N)cc1C[C@@H]1COc2ccc(OCc3ccccc3)cc2[C@@H]1O. The Morgan fingerprint density at radius 1 is 1.07 bits per heavy atom. The molecule has 0 saturated carbocycles. The van der Waals surface area contributed by atoms with E-state index in [0.29, 0.717) is 36.8 Å². The van der Waals surface area contributed by atoms with Crippen molar-refractivity contribution < 1.29 is 19.3 Å². The van der Waals surface area contributed by atoms with Crippen LogP contribution in [-0.4, -0.2) is 18.8 Å². The average Bonchev–Trinajstić information content (AvgIpc) is 2.75. The molecule has 1 aliphatic rings. The molecular formula is C24H25NO4. The molecule has 0 saturated heterocycles. The highest BCUT2D eigenvalue weighted by Crippen LogP contribution is 2.40. The quantitative estimate of drug-likeness (QED) is 0.618. The molecule has 29 heavy (non-hydrogen) atoms. The Morgan fingerprint density at radius 2 is 1.90 bits per heavy atom. The Hall–Kier alpha value is -3.18. The second-order valence-electron chi connectivity index (χ2n) is 7.27. The van der Waals surface area contributed by atoms with Crippen LogP contribution in [0.3, 0.4) is 0 Å². The van der Waals surface area contributed by atoms with Crippen LogP contribution in [0, 0.1) is 5.92 Å². The van der Waals surface area contributed by atoms with Crippen LogP contribution in [0.15, 0.2) is 66.7 Å².